The Labute approximate surface area is 176 Å². The maximum atomic E-state index is 12.9. The van der Waals surface area contributed by atoms with Crippen LogP contribution in [-0.4, -0.2) is 65.3 Å². The van der Waals surface area contributed by atoms with Crippen LogP contribution in [0.25, 0.3) is 10.8 Å². The van der Waals surface area contributed by atoms with E-state index in [1.54, 1.807) is 0 Å². The zero-order valence-corrected chi connectivity index (χ0v) is 17.8. The lowest BCUT2D eigenvalue weighted by Gasteiger charge is -2.32. The van der Waals surface area contributed by atoms with E-state index in [0.29, 0.717) is 0 Å². The van der Waals surface area contributed by atoms with Crippen molar-refractivity contribution in [3.8, 4) is 0 Å². The summed E-state index contributed by atoms with van der Waals surface area (Å²) in [7, 11) is 0. The van der Waals surface area contributed by atoms with Crippen molar-refractivity contribution in [1.29, 1.82) is 0 Å². The van der Waals surface area contributed by atoms with E-state index in [1.165, 1.54) is 10.8 Å². The minimum Gasteiger partial charge on any atom is -0.348 e. The van der Waals surface area contributed by atoms with Crippen molar-refractivity contribution in [3.05, 3.63) is 48.0 Å². The second-order valence-electron chi connectivity index (χ2n) is 7.92. The zero-order chi connectivity index (χ0) is 20.2. The van der Waals surface area contributed by atoms with Gasteiger partial charge in [0, 0.05) is 24.6 Å². The highest BCUT2D eigenvalue weighted by Crippen LogP contribution is 2.25. The highest BCUT2D eigenvalue weighted by Gasteiger charge is 2.35. The van der Waals surface area contributed by atoms with Gasteiger partial charge in [0.1, 0.15) is 0 Å². The van der Waals surface area contributed by atoms with Gasteiger partial charge in [0.2, 0.25) is 11.8 Å². The number of rotatable bonds is 5. The molecule has 0 radical (unpaired) electrons. The normalized spacial score (nSPS) is 21.3. The number of carbonyl (C=O) groups excluding carboxylic acids is 2. The summed E-state index contributed by atoms with van der Waals surface area (Å²) in [5.41, 5.74) is 1.12. The number of nitrogens with one attached hydrogen (secondary N) is 1. The lowest BCUT2D eigenvalue weighted by Crippen LogP contribution is -2.50. The van der Waals surface area contributed by atoms with Crippen LogP contribution in [-0.2, 0) is 9.59 Å². The van der Waals surface area contributed by atoms with Crippen molar-refractivity contribution < 1.29 is 9.59 Å². The molecule has 0 spiro atoms. The van der Waals surface area contributed by atoms with Crippen LogP contribution in [0.4, 0.5) is 0 Å². The first kappa shape index (κ1) is 20.2. The third kappa shape index (κ3) is 4.59. The molecule has 2 aromatic carbocycles. The van der Waals surface area contributed by atoms with Crippen molar-refractivity contribution in [2.75, 3.05) is 37.7 Å². The van der Waals surface area contributed by atoms with Gasteiger partial charge in [0.15, 0.2) is 0 Å². The molecule has 0 aliphatic carbocycles. The van der Waals surface area contributed by atoms with E-state index in [2.05, 4.69) is 34.5 Å². The summed E-state index contributed by atoms with van der Waals surface area (Å²) in [6, 6.07) is 14.2. The van der Waals surface area contributed by atoms with Gasteiger partial charge in [-0.05, 0) is 42.6 Å². The quantitative estimate of drug-likeness (QED) is 0.822. The maximum Gasteiger partial charge on any atom is 0.239 e. The van der Waals surface area contributed by atoms with Crippen LogP contribution >= 0.6 is 11.8 Å². The molecule has 2 heterocycles. The average molecular weight is 412 g/mol. The molecule has 0 aromatic heterocycles. The van der Waals surface area contributed by atoms with Gasteiger partial charge in [-0.3, -0.25) is 14.5 Å². The van der Waals surface area contributed by atoms with E-state index < -0.39 is 0 Å². The number of thioether (sulfide) groups is 1. The molecule has 2 unspecified atom stereocenters. The number of benzene rings is 2. The van der Waals surface area contributed by atoms with Gasteiger partial charge in [-0.1, -0.05) is 42.5 Å². The Kier molecular flexibility index (Phi) is 6.40. The molecule has 2 fully saturated rings. The number of fused-ring (bicyclic) bond motifs is 1. The number of carbonyl (C=O) groups is 2. The monoisotopic (exact) mass is 411 g/mol. The lowest BCUT2D eigenvalue weighted by molar-refractivity contribution is -0.136. The van der Waals surface area contributed by atoms with E-state index >= 15 is 0 Å². The molecule has 2 amide bonds. The Balaban J connectivity index is 1.39. The average Bonchev–Trinajstić information content (AvgIpc) is 3.21. The second kappa shape index (κ2) is 9.18. The fraction of sp³-hybridized carbons (Fsp3) is 0.478. The number of nitrogens with zero attached hydrogens (tertiary/aromatic N) is 2. The zero-order valence-electron chi connectivity index (χ0n) is 17.0. The Bertz CT molecular complexity index is 876. The number of amides is 2. The Morgan fingerprint density at radius 3 is 2.69 bits per heavy atom. The van der Waals surface area contributed by atoms with E-state index in [9.17, 15) is 9.59 Å². The van der Waals surface area contributed by atoms with Crippen LogP contribution in [0.1, 0.15) is 31.4 Å². The van der Waals surface area contributed by atoms with Gasteiger partial charge in [0.05, 0.1) is 18.6 Å². The van der Waals surface area contributed by atoms with Gasteiger partial charge < -0.3 is 10.2 Å². The van der Waals surface area contributed by atoms with Crippen LogP contribution in [0.2, 0.25) is 0 Å². The summed E-state index contributed by atoms with van der Waals surface area (Å²) in [6.07, 6.45) is 1.83. The minimum atomic E-state index is -0.142. The number of likely N-dealkylation sites (tertiary alicyclic amines) is 1. The molecule has 6 heteroatoms. The molecule has 29 heavy (non-hydrogen) atoms. The highest BCUT2D eigenvalue weighted by molar-refractivity contribution is 7.99. The molecule has 0 saturated carbocycles. The minimum absolute atomic E-state index is 0.0145. The molecule has 2 atom stereocenters. The summed E-state index contributed by atoms with van der Waals surface area (Å²) in [6.45, 7) is 4.79. The molecule has 5 nitrogen and oxygen atoms in total. The molecule has 2 aromatic rings. The van der Waals surface area contributed by atoms with Crippen molar-refractivity contribution >= 4 is 34.3 Å². The third-order valence-electron chi connectivity index (χ3n) is 5.99. The van der Waals surface area contributed by atoms with Crippen LogP contribution in [0.15, 0.2) is 42.5 Å². The van der Waals surface area contributed by atoms with Crippen LogP contribution < -0.4 is 5.32 Å². The lowest BCUT2D eigenvalue weighted by atomic mass is 10.00. The van der Waals surface area contributed by atoms with E-state index in [0.717, 1.165) is 49.5 Å². The molecule has 0 bridgehead atoms. The fourth-order valence-electron chi connectivity index (χ4n) is 4.47. The van der Waals surface area contributed by atoms with Crippen molar-refractivity contribution in [3.63, 3.8) is 0 Å². The van der Waals surface area contributed by atoms with Crippen LogP contribution in [0, 0.1) is 0 Å². The summed E-state index contributed by atoms with van der Waals surface area (Å²) >= 11 is 1.90. The van der Waals surface area contributed by atoms with Crippen molar-refractivity contribution in [2.45, 2.75) is 31.8 Å². The topological polar surface area (TPSA) is 52.7 Å². The van der Waals surface area contributed by atoms with Gasteiger partial charge in [-0.2, -0.15) is 11.8 Å². The largest absolute Gasteiger partial charge is 0.348 e. The smallest absolute Gasteiger partial charge is 0.239 e. The summed E-state index contributed by atoms with van der Waals surface area (Å²) in [4.78, 5) is 29.8. The van der Waals surface area contributed by atoms with Crippen LogP contribution in [0.5, 0.6) is 0 Å². The highest BCUT2D eigenvalue weighted by atomic mass is 32.2. The first-order chi connectivity index (χ1) is 14.1. The molecular weight excluding hydrogens is 382 g/mol. The molecule has 1 N–H and O–H groups in total. The van der Waals surface area contributed by atoms with Gasteiger partial charge >= 0.3 is 0 Å². The Hall–Kier alpha value is -2.05. The predicted octanol–water partition coefficient (Wildman–Crippen LogP) is 3.06. The first-order valence-electron chi connectivity index (χ1n) is 10.5. The van der Waals surface area contributed by atoms with Gasteiger partial charge in [-0.15, -0.1) is 0 Å². The fourth-order valence-corrected chi connectivity index (χ4v) is 5.37. The molecule has 154 valence electrons. The van der Waals surface area contributed by atoms with E-state index in [4.69, 9.17) is 0 Å². The SMILES string of the molecule is CC(NC(=O)CN1CCCC1C(=O)N1CCSCC1)c1cccc2ccccc12. The number of hydrogen-bond donors (Lipinski definition) is 1. The molecular formula is C23H29N3O2S. The van der Waals surface area contributed by atoms with Crippen molar-refractivity contribution in [2.24, 2.45) is 0 Å². The number of hydrogen-bond acceptors (Lipinski definition) is 4. The Morgan fingerprint density at radius 1 is 1.10 bits per heavy atom. The van der Waals surface area contributed by atoms with Crippen LogP contribution in [0.3, 0.4) is 0 Å². The first-order valence-corrected chi connectivity index (χ1v) is 11.7. The van der Waals surface area contributed by atoms with E-state index in [-0.39, 0.29) is 30.4 Å². The summed E-state index contributed by atoms with van der Waals surface area (Å²) in [5.74, 6) is 2.22. The molecule has 4 rings (SSSR count). The molecule has 2 saturated heterocycles. The molecule has 2 aliphatic heterocycles. The Morgan fingerprint density at radius 2 is 1.86 bits per heavy atom. The van der Waals surface area contributed by atoms with E-state index in [1.807, 2.05) is 41.8 Å². The third-order valence-corrected chi connectivity index (χ3v) is 6.93. The van der Waals surface area contributed by atoms with Crippen molar-refractivity contribution in [1.82, 2.24) is 15.1 Å². The van der Waals surface area contributed by atoms with Gasteiger partial charge in [-0.25, -0.2) is 0 Å². The maximum absolute atomic E-state index is 12.9. The summed E-state index contributed by atoms with van der Waals surface area (Å²) < 4.78 is 0. The molecule has 2 aliphatic rings. The predicted molar refractivity (Wildman–Crippen MR) is 119 cm³/mol. The standard InChI is InChI=1S/C23H29N3O2S/c1-17(19-9-4-7-18-6-2-3-8-20(18)19)24-22(27)16-26-11-5-10-21(26)23(28)25-12-14-29-15-13-25/h2-4,6-9,17,21H,5,10-16H2,1H3,(H,24,27). The van der Waals surface area contributed by atoms with Gasteiger partial charge in [0.25, 0.3) is 0 Å². The second-order valence-corrected chi connectivity index (χ2v) is 9.15. The summed E-state index contributed by atoms with van der Waals surface area (Å²) in [5, 5.41) is 5.49.